The number of hydrogen-bond acceptors (Lipinski definition) is 4. The summed E-state index contributed by atoms with van der Waals surface area (Å²) in [6.45, 7) is 1.76. The average molecular weight is 225 g/mol. The maximum absolute atomic E-state index is 10.5. The third-order valence-electron chi connectivity index (χ3n) is 1.43. The number of rotatable bonds is 1. The first kappa shape index (κ1) is 13.6. The van der Waals surface area contributed by atoms with Gasteiger partial charge in [0.05, 0.1) is 4.90 Å². The van der Waals surface area contributed by atoms with Crippen molar-refractivity contribution in [2.45, 2.75) is 11.8 Å². The van der Waals surface area contributed by atoms with Gasteiger partial charge < -0.3 is 10.3 Å². The summed E-state index contributed by atoms with van der Waals surface area (Å²) in [5.41, 5.74) is 6.15. The molecule has 0 spiro atoms. The Morgan fingerprint density at radius 1 is 1.38 bits per heavy atom. The number of anilines is 1. The van der Waals surface area contributed by atoms with Crippen LogP contribution in [0.4, 0.5) is 5.69 Å². The van der Waals surface area contributed by atoms with E-state index in [0.717, 1.165) is 5.56 Å². The number of hydrogen-bond donors (Lipinski definition) is 1. The van der Waals surface area contributed by atoms with Gasteiger partial charge in [0.15, 0.2) is 0 Å². The minimum atomic E-state index is -4.43. The van der Waals surface area contributed by atoms with Crippen molar-refractivity contribution in [3.63, 3.8) is 0 Å². The van der Waals surface area contributed by atoms with Crippen molar-refractivity contribution >= 4 is 15.8 Å². The Balaban J connectivity index is 0.00000144. The van der Waals surface area contributed by atoms with Gasteiger partial charge in [-0.05, 0) is 24.6 Å². The van der Waals surface area contributed by atoms with Crippen LogP contribution in [0.2, 0.25) is 0 Å². The fourth-order valence-corrected chi connectivity index (χ4v) is 1.48. The average Bonchev–Trinajstić information content (AvgIpc) is 1.83. The molecular weight excluding hydrogens is 217 g/mol. The zero-order valence-electron chi connectivity index (χ0n) is 7.44. The quantitative estimate of drug-likeness (QED) is 0.325. The van der Waals surface area contributed by atoms with Crippen molar-refractivity contribution in [3.8, 4) is 0 Å². The van der Waals surface area contributed by atoms with Crippen LogP contribution in [0.5, 0.6) is 0 Å². The number of nitrogen functional groups attached to an aromatic ring is 1. The molecular formula is C7H8KNO3S. The first-order chi connectivity index (χ1) is 5.41. The Kier molecular flexibility index (Phi) is 5.09. The summed E-state index contributed by atoms with van der Waals surface area (Å²) < 4.78 is 31.6. The van der Waals surface area contributed by atoms with Crippen LogP contribution < -0.4 is 57.1 Å². The van der Waals surface area contributed by atoms with Gasteiger partial charge in [0.25, 0.3) is 0 Å². The van der Waals surface area contributed by atoms with Gasteiger partial charge >= 0.3 is 51.4 Å². The Morgan fingerprint density at radius 3 is 2.31 bits per heavy atom. The molecule has 6 heteroatoms. The Labute approximate surface area is 120 Å². The molecule has 1 aromatic carbocycles. The van der Waals surface area contributed by atoms with Crippen molar-refractivity contribution in [1.29, 1.82) is 0 Å². The van der Waals surface area contributed by atoms with E-state index in [4.69, 9.17) is 5.73 Å². The molecule has 0 aliphatic rings. The van der Waals surface area contributed by atoms with Crippen molar-refractivity contribution in [3.05, 3.63) is 23.8 Å². The maximum Gasteiger partial charge on any atom is 1.00 e. The van der Waals surface area contributed by atoms with E-state index < -0.39 is 10.1 Å². The van der Waals surface area contributed by atoms with Crippen LogP contribution in [0.15, 0.2) is 23.1 Å². The second-order valence-electron chi connectivity index (χ2n) is 2.50. The molecule has 0 aliphatic heterocycles. The van der Waals surface area contributed by atoms with Gasteiger partial charge in [0.2, 0.25) is 0 Å². The Morgan fingerprint density at radius 2 is 1.92 bits per heavy atom. The molecule has 0 atom stereocenters. The van der Waals surface area contributed by atoms with Gasteiger partial charge in [0, 0.05) is 5.69 Å². The van der Waals surface area contributed by atoms with E-state index in [9.17, 15) is 13.0 Å². The normalized spacial score (nSPS) is 10.6. The standard InChI is InChI=1S/C7H9NO3S.K/c1-5-2-3-7(6(8)4-5)12(9,10)11;/h2-4H,8H2,1H3,(H,9,10,11);/q;+1/p-1. The zero-order valence-corrected chi connectivity index (χ0v) is 11.4. The van der Waals surface area contributed by atoms with Gasteiger partial charge in [-0.25, -0.2) is 8.42 Å². The van der Waals surface area contributed by atoms with Gasteiger partial charge in [-0.15, -0.1) is 0 Å². The summed E-state index contributed by atoms with van der Waals surface area (Å²) in [5, 5.41) is 0. The number of aryl methyl sites for hydroxylation is 1. The van der Waals surface area contributed by atoms with E-state index in [1.54, 1.807) is 6.92 Å². The minimum absolute atomic E-state index is 0. The fraction of sp³-hybridized carbons (Fsp3) is 0.143. The molecule has 1 aromatic rings. The van der Waals surface area contributed by atoms with Crippen molar-refractivity contribution in [2.75, 3.05) is 5.73 Å². The molecule has 4 nitrogen and oxygen atoms in total. The third-order valence-corrected chi connectivity index (χ3v) is 2.35. The van der Waals surface area contributed by atoms with Crippen LogP contribution in [-0.2, 0) is 10.1 Å². The molecule has 0 amide bonds. The van der Waals surface area contributed by atoms with Crippen molar-refractivity contribution in [1.82, 2.24) is 0 Å². The van der Waals surface area contributed by atoms with Crippen LogP contribution in [0.25, 0.3) is 0 Å². The van der Waals surface area contributed by atoms with Crippen LogP contribution in [-0.4, -0.2) is 13.0 Å². The summed E-state index contributed by atoms with van der Waals surface area (Å²) in [5.74, 6) is 0. The van der Waals surface area contributed by atoms with Gasteiger partial charge in [-0.3, -0.25) is 0 Å². The van der Waals surface area contributed by atoms with E-state index in [0.29, 0.717) is 0 Å². The molecule has 0 bridgehead atoms. The monoisotopic (exact) mass is 225 g/mol. The van der Waals surface area contributed by atoms with E-state index >= 15 is 0 Å². The van der Waals surface area contributed by atoms with E-state index in [1.165, 1.54) is 18.2 Å². The molecule has 0 aromatic heterocycles. The molecule has 2 N–H and O–H groups in total. The smallest absolute Gasteiger partial charge is 0.744 e. The predicted octanol–water partition coefficient (Wildman–Crippen LogP) is -2.51. The van der Waals surface area contributed by atoms with Crippen LogP contribution in [0, 0.1) is 6.92 Å². The second-order valence-corrected chi connectivity index (χ2v) is 3.84. The van der Waals surface area contributed by atoms with Gasteiger partial charge in [0.1, 0.15) is 10.1 Å². The molecule has 0 saturated heterocycles. The molecule has 0 radical (unpaired) electrons. The third kappa shape index (κ3) is 3.66. The molecule has 1 rings (SSSR count). The summed E-state index contributed by atoms with van der Waals surface area (Å²) in [6, 6.07) is 4.19. The summed E-state index contributed by atoms with van der Waals surface area (Å²) in [4.78, 5) is -0.354. The van der Waals surface area contributed by atoms with E-state index in [-0.39, 0.29) is 62.0 Å². The Bertz CT molecular complexity index is 402. The Hall–Kier alpha value is 0.566. The molecule has 0 heterocycles. The van der Waals surface area contributed by atoms with Gasteiger partial charge in [-0.2, -0.15) is 0 Å². The fourth-order valence-electron chi connectivity index (χ4n) is 0.896. The molecule has 0 unspecified atom stereocenters. The molecule has 0 aliphatic carbocycles. The van der Waals surface area contributed by atoms with Gasteiger partial charge in [-0.1, -0.05) is 6.07 Å². The zero-order chi connectivity index (χ0) is 9.35. The first-order valence-electron chi connectivity index (χ1n) is 3.23. The second kappa shape index (κ2) is 4.88. The molecule has 13 heavy (non-hydrogen) atoms. The molecule has 66 valence electrons. The van der Waals surface area contributed by atoms with Crippen molar-refractivity contribution in [2.24, 2.45) is 0 Å². The van der Waals surface area contributed by atoms with E-state index in [2.05, 4.69) is 0 Å². The number of nitrogens with two attached hydrogens (primary N) is 1. The van der Waals surface area contributed by atoms with Crippen LogP contribution in [0.1, 0.15) is 5.56 Å². The van der Waals surface area contributed by atoms with Crippen molar-refractivity contribution < 1.29 is 64.4 Å². The molecule has 0 saturated carbocycles. The molecule has 0 fully saturated rings. The summed E-state index contributed by atoms with van der Waals surface area (Å²) >= 11 is 0. The van der Waals surface area contributed by atoms with Crippen LogP contribution in [0.3, 0.4) is 0 Å². The number of benzene rings is 1. The van der Waals surface area contributed by atoms with Crippen LogP contribution >= 0.6 is 0 Å². The largest absolute Gasteiger partial charge is 1.00 e. The predicted molar refractivity (Wildman–Crippen MR) is 43.6 cm³/mol. The summed E-state index contributed by atoms with van der Waals surface area (Å²) in [7, 11) is -4.43. The maximum atomic E-state index is 10.5. The minimum Gasteiger partial charge on any atom is -0.744 e. The first-order valence-corrected chi connectivity index (χ1v) is 4.64. The SMILES string of the molecule is Cc1ccc(S(=O)(=O)[O-])c(N)c1.[K+]. The topological polar surface area (TPSA) is 83.2 Å². The summed E-state index contributed by atoms with van der Waals surface area (Å²) in [6.07, 6.45) is 0. The van der Waals surface area contributed by atoms with E-state index in [1.807, 2.05) is 0 Å².